The van der Waals surface area contributed by atoms with Crippen LogP contribution in [0.3, 0.4) is 0 Å². The Morgan fingerprint density at radius 2 is 2.05 bits per heavy atom. The topological polar surface area (TPSA) is 82.2 Å². The third-order valence-corrected chi connectivity index (χ3v) is 3.60. The average Bonchev–Trinajstić information content (AvgIpc) is 2.71. The molecule has 0 fully saturated rings. The van der Waals surface area contributed by atoms with Crippen LogP contribution in [0.4, 0.5) is 0 Å². The van der Waals surface area contributed by atoms with Gasteiger partial charge in [-0.25, -0.2) is 4.79 Å². The number of carboxylic acids is 1. The molecule has 0 bridgehead atoms. The molecule has 106 valence electrons. The van der Waals surface area contributed by atoms with Crippen molar-refractivity contribution in [2.75, 3.05) is 0 Å². The molecule has 0 radical (unpaired) electrons. The maximum Gasteiger partial charge on any atom is 0.326 e. The number of benzene rings is 1. The first-order valence-corrected chi connectivity index (χ1v) is 6.57. The smallest absolute Gasteiger partial charge is 0.326 e. The molecule has 3 N–H and O–H groups in total. The molecule has 1 aromatic carbocycles. The number of aryl methyl sites for hydroxylation is 2. The Morgan fingerprint density at radius 1 is 1.35 bits per heavy atom. The van der Waals surface area contributed by atoms with Crippen molar-refractivity contribution in [3.8, 4) is 0 Å². The Morgan fingerprint density at radius 3 is 2.65 bits per heavy atom. The first-order valence-electron chi connectivity index (χ1n) is 6.57. The van der Waals surface area contributed by atoms with Gasteiger partial charge < -0.3 is 15.4 Å². The fraction of sp³-hybridized carbons (Fsp3) is 0.333. The molecule has 0 saturated carbocycles. The number of aromatic amines is 1. The zero-order valence-corrected chi connectivity index (χ0v) is 11.8. The van der Waals surface area contributed by atoms with Crippen molar-refractivity contribution >= 4 is 22.8 Å². The van der Waals surface area contributed by atoms with Gasteiger partial charge in [0.05, 0.1) is 11.1 Å². The predicted molar refractivity (Wildman–Crippen MR) is 77.0 cm³/mol. The highest BCUT2D eigenvalue weighted by Gasteiger charge is 2.20. The van der Waals surface area contributed by atoms with Gasteiger partial charge in [0, 0.05) is 11.1 Å². The summed E-state index contributed by atoms with van der Waals surface area (Å²) in [5.74, 6) is -1.39. The van der Waals surface area contributed by atoms with Gasteiger partial charge in [-0.3, -0.25) is 4.79 Å². The van der Waals surface area contributed by atoms with Gasteiger partial charge in [0.2, 0.25) is 0 Å². The number of nitrogens with one attached hydrogen (secondary N) is 2. The van der Waals surface area contributed by atoms with Crippen LogP contribution in [0.2, 0.25) is 0 Å². The van der Waals surface area contributed by atoms with E-state index in [1.807, 2.05) is 19.9 Å². The summed E-state index contributed by atoms with van der Waals surface area (Å²) in [7, 11) is 0. The number of carboxylic acid groups (broad SMARTS) is 1. The Kier molecular flexibility index (Phi) is 3.79. The highest BCUT2D eigenvalue weighted by atomic mass is 16.4. The molecular weight excluding hydrogens is 256 g/mol. The van der Waals surface area contributed by atoms with Crippen molar-refractivity contribution in [1.29, 1.82) is 0 Å². The number of aromatic nitrogens is 1. The minimum absolute atomic E-state index is 0.347. The van der Waals surface area contributed by atoms with Gasteiger partial charge in [-0.2, -0.15) is 0 Å². The zero-order chi connectivity index (χ0) is 14.9. The van der Waals surface area contributed by atoms with E-state index in [4.69, 9.17) is 5.11 Å². The SMILES string of the molecule is CCC(NC(=O)c1cccc2c(C)c(C)[nH]c12)C(=O)O. The molecule has 1 amide bonds. The van der Waals surface area contributed by atoms with Gasteiger partial charge in [-0.15, -0.1) is 0 Å². The lowest BCUT2D eigenvalue weighted by molar-refractivity contribution is -0.139. The van der Waals surface area contributed by atoms with Crippen LogP contribution >= 0.6 is 0 Å². The number of carbonyl (C=O) groups excluding carboxylic acids is 1. The average molecular weight is 274 g/mol. The standard InChI is InChI=1S/C15H18N2O3/c1-4-12(15(19)20)17-14(18)11-7-5-6-10-8(2)9(3)16-13(10)11/h5-7,12,16H,4H2,1-3H3,(H,17,18)(H,19,20). The van der Waals surface area contributed by atoms with E-state index in [0.717, 1.165) is 22.2 Å². The van der Waals surface area contributed by atoms with Crippen LogP contribution < -0.4 is 5.32 Å². The molecule has 1 aromatic heterocycles. The van der Waals surface area contributed by atoms with Gasteiger partial charge in [0.1, 0.15) is 6.04 Å². The van der Waals surface area contributed by atoms with Crippen molar-refractivity contribution in [3.63, 3.8) is 0 Å². The van der Waals surface area contributed by atoms with E-state index in [2.05, 4.69) is 10.3 Å². The van der Waals surface area contributed by atoms with Crippen LogP contribution in [0.15, 0.2) is 18.2 Å². The first-order chi connectivity index (χ1) is 9.45. The summed E-state index contributed by atoms with van der Waals surface area (Å²) in [6.07, 6.45) is 0.347. The van der Waals surface area contributed by atoms with Crippen molar-refractivity contribution in [3.05, 3.63) is 35.0 Å². The number of rotatable bonds is 4. The molecule has 2 aromatic rings. The Hall–Kier alpha value is -2.30. The van der Waals surface area contributed by atoms with Crippen molar-refractivity contribution in [1.82, 2.24) is 10.3 Å². The molecular formula is C15H18N2O3. The number of carbonyl (C=O) groups is 2. The molecule has 5 heteroatoms. The molecule has 0 aliphatic rings. The van der Waals surface area contributed by atoms with Crippen LogP contribution in [0.1, 0.15) is 35.0 Å². The van der Waals surface area contributed by atoms with E-state index < -0.39 is 12.0 Å². The summed E-state index contributed by atoms with van der Waals surface area (Å²) in [6.45, 7) is 5.66. The molecule has 0 aliphatic carbocycles. The van der Waals surface area contributed by atoms with E-state index in [1.165, 1.54) is 0 Å². The zero-order valence-electron chi connectivity index (χ0n) is 11.8. The third kappa shape index (κ3) is 2.39. The number of hydrogen-bond donors (Lipinski definition) is 3. The first kappa shape index (κ1) is 14.1. The van der Waals surface area contributed by atoms with Crippen molar-refractivity contribution < 1.29 is 14.7 Å². The van der Waals surface area contributed by atoms with Crippen LogP contribution in [0.25, 0.3) is 10.9 Å². The van der Waals surface area contributed by atoms with Crippen LogP contribution in [0, 0.1) is 13.8 Å². The second-order valence-corrected chi connectivity index (χ2v) is 4.88. The predicted octanol–water partition coefficient (Wildman–Crippen LogP) is 2.38. The fourth-order valence-electron chi connectivity index (χ4n) is 2.25. The number of amides is 1. The van der Waals surface area contributed by atoms with E-state index in [-0.39, 0.29) is 5.91 Å². The Labute approximate surface area is 117 Å². The Bertz CT molecular complexity index is 673. The lowest BCUT2D eigenvalue weighted by Crippen LogP contribution is -2.40. The molecule has 0 saturated heterocycles. The third-order valence-electron chi connectivity index (χ3n) is 3.60. The summed E-state index contributed by atoms with van der Waals surface area (Å²) >= 11 is 0. The number of hydrogen-bond acceptors (Lipinski definition) is 2. The van der Waals surface area contributed by atoms with E-state index in [9.17, 15) is 9.59 Å². The van der Waals surface area contributed by atoms with Gasteiger partial charge in [0.15, 0.2) is 0 Å². The van der Waals surface area contributed by atoms with Gasteiger partial charge in [-0.05, 0) is 31.9 Å². The second kappa shape index (κ2) is 5.36. The van der Waals surface area contributed by atoms with Gasteiger partial charge in [0.25, 0.3) is 5.91 Å². The highest BCUT2D eigenvalue weighted by molar-refractivity contribution is 6.07. The molecule has 20 heavy (non-hydrogen) atoms. The molecule has 5 nitrogen and oxygen atoms in total. The second-order valence-electron chi connectivity index (χ2n) is 4.88. The van der Waals surface area contributed by atoms with Crippen molar-refractivity contribution in [2.24, 2.45) is 0 Å². The van der Waals surface area contributed by atoms with Crippen LogP contribution in [-0.4, -0.2) is 28.0 Å². The Balaban J connectivity index is 2.40. The van der Waals surface area contributed by atoms with E-state index >= 15 is 0 Å². The summed E-state index contributed by atoms with van der Waals surface area (Å²) in [5, 5.41) is 12.5. The van der Waals surface area contributed by atoms with E-state index in [0.29, 0.717) is 12.0 Å². The van der Waals surface area contributed by atoms with Crippen LogP contribution in [-0.2, 0) is 4.79 Å². The number of H-pyrrole nitrogens is 1. The minimum atomic E-state index is -1.02. The lowest BCUT2D eigenvalue weighted by atomic mass is 10.1. The number of aliphatic carboxylic acids is 1. The maximum absolute atomic E-state index is 12.3. The molecule has 1 unspecified atom stereocenters. The number of para-hydroxylation sites is 1. The summed E-state index contributed by atoms with van der Waals surface area (Å²) < 4.78 is 0. The highest BCUT2D eigenvalue weighted by Crippen LogP contribution is 2.24. The molecule has 1 heterocycles. The van der Waals surface area contributed by atoms with E-state index in [1.54, 1.807) is 19.1 Å². The summed E-state index contributed by atoms with van der Waals surface area (Å²) in [5.41, 5.74) is 3.32. The molecule has 2 rings (SSSR count). The monoisotopic (exact) mass is 274 g/mol. The number of fused-ring (bicyclic) bond motifs is 1. The largest absolute Gasteiger partial charge is 0.480 e. The van der Waals surface area contributed by atoms with Crippen molar-refractivity contribution in [2.45, 2.75) is 33.2 Å². The van der Waals surface area contributed by atoms with Crippen LogP contribution in [0.5, 0.6) is 0 Å². The van der Waals surface area contributed by atoms with Gasteiger partial charge in [-0.1, -0.05) is 19.1 Å². The normalized spacial score (nSPS) is 12.3. The fourth-order valence-corrected chi connectivity index (χ4v) is 2.25. The maximum atomic E-state index is 12.3. The lowest BCUT2D eigenvalue weighted by Gasteiger charge is -2.12. The molecule has 0 aliphatic heterocycles. The molecule has 1 atom stereocenters. The summed E-state index contributed by atoms with van der Waals surface area (Å²) in [4.78, 5) is 26.4. The van der Waals surface area contributed by atoms with Gasteiger partial charge >= 0.3 is 5.97 Å². The quantitative estimate of drug-likeness (QED) is 0.800. The minimum Gasteiger partial charge on any atom is -0.480 e. The molecule has 0 spiro atoms. The summed E-state index contributed by atoms with van der Waals surface area (Å²) in [6, 6.07) is 4.58.